The third kappa shape index (κ3) is 2.86. The number of aromatic nitrogens is 3. The van der Waals surface area contributed by atoms with Crippen molar-refractivity contribution >= 4 is 28.5 Å². The molecule has 0 unspecified atom stereocenters. The molecule has 24 heavy (non-hydrogen) atoms. The standard InChI is InChI=1S/C17H15ClN4O2/c18-12-9-14-15(19-10-12)17(22-4-6-24-7-5-22)21-16(20-14)11-2-1-3-13(23)8-11/h1-3,8-10,23H,4-7H2. The quantitative estimate of drug-likeness (QED) is 0.772. The molecule has 0 spiro atoms. The number of hydrogen-bond donors (Lipinski definition) is 1. The molecule has 0 amide bonds. The Balaban J connectivity index is 1.91. The number of halogens is 1. The highest BCUT2D eigenvalue weighted by atomic mass is 35.5. The van der Waals surface area contributed by atoms with Gasteiger partial charge in [0.15, 0.2) is 11.6 Å². The van der Waals surface area contributed by atoms with Gasteiger partial charge in [-0.2, -0.15) is 0 Å². The largest absolute Gasteiger partial charge is 0.508 e. The number of hydrogen-bond acceptors (Lipinski definition) is 6. The molecule has 1 aliphatic heterocycles. The molecule has 0 bridgehead atoms. The second-order valence-electron chi connectivity index (χ2n) is 5.54. The van der Waals surface area contributed by atoms with Crippen molar-refractivity contribution in [3.05, 3.63) is 41.6 Å². The summed E-state index contributed by atoms with van der Waals surface area (Å²) in [6.07, 6.45) is 1.60. The molecule has 4 rings (SSSR count). The first-order valence-electron chi connectivity index (χ1n) is 7.66. The van der Waals surface area contributed by atoms with Gasteiger partial charge in [-0.1, -0.05) is 23.7 Å². The summed E-state index contributed by atoms with van der Waals surface area (Å²) >= 11 is 6.08. The van der Waals surface area contributed by atoms with Gasteiger partial charge in [0, 0.05) is 24.8 Å². The van der Waals surface area contributed by atoms with Crippen LogP contribution >= 0.6 is 11.6 Å². The highest BCUT2D eigenvalue weighted by molar-refractivity contribution is 6.31. The molecule has 1 aromatic carbocycles. The van der Waals surface area contributed by atoms with Crippen molar-refractivity contribution in [1.29, 1.82) is 0 Å². The first-order chi connectivity index (χ1) is 11.7. The van der Waals surface area contributed by atoms with Crippen LogP contribution in [0.15, 0.2) is 36.5 Å². The number of pyridine rings is 1. The van der Waals surface area contributed by atoms with E-state index >= 15 is 0 Å². The van der Waals surface area contributed by atoms with Gasteiger partial charge in [0.2, 0.25) is 0 Å². The van der Waals surface area contributed by atoms with Gasteiger partial charge in [-0.3, -0.25) is 0 Å². The highest BCUT2D eigenvalue weighted by Crippen LogP contribution is 2.29. The first-order valence-corrected chi connectivity index (χ1v) is 8.04. The number of morpholine rings is 1. The summed E-state index contributed by atoms with van der Waals surface area (Å²) < 4.78 is 5.42. The molecule has 2 aromatic heterocycles. The zero-order chi connectivity index (χ0) is 16.5. The van der Waals surface area contributed by atoms with Gasteiger partial charge in [-0.25, -0.2) is 15.0 Å². The van der Waals surface area contributed by atoms with Gasteiger partial charge in [0.25, 0.3) is 0 Å². The lowest BCUT2D eigenvalue weighted by molar-refractivity contribution is 0.122. The lowest BCUT2D eigenvalue weighted by Crippen LogP contribution is -2.37. The van der Waals surface area contributed by atoms with E-state index in [0.717, 1.165) is 24.5 Å². The van der Waals surface area contributed by atoms with Gasteiger partial charge in [-0.05, 0) is 18.2 Å². The van der Waals surface area contributed by atoms with Crippen molar-refractivity contribution in [2.45, 2.75) is 0 Å². The minimum atomic E-state index is 0.174. The molecule has 0 radical (unpaired) electrons. The minimum Gasteiger partial charge on any atom is -0.508 e. The zero-order valence-electron chi connectivity index (χ0n) is 12.8. The van der Waals surface area contributed by atoms with Gasteiger partial charge in [0.05, 0.1) is 23.8 Å². The Morgan fingerprint density at radius 2 is 1.96 bits per heavy atom. The fourth-order valence-corrected chi connectivity index (χ4v) is 2.90. The van der Waals surface area contributed by atoms with Crippen LogP contribution in [0.25, 0.3) is 22.4 Å². The van der Waals surface area contributed by atoms with Crippen LogP contribution in [0.2, 0.25) is 5.02 Å². The van der Waals surface area contributed by atoms with Gasteiger partial charge < -0.3 is 14.7 Å². The summed E-state index contributed by atoms with van der Waals surface area (Å²) in [6.45, 7) is 2.80. The highest BCUT2D eigenvalue weighted by Gasteiger charge is 2.19. The van der Waals surface area contributed by atoms with E-state index in [4.69, 9.17) is 21.3 Å². The Bertz CT molecular complexity index is 897. The van der Waals surface area contributed by atoms with Crippen molar-refractivity contribution in [1.82, 2.24) is 15.0 Å². The predicted molar refractivity (Wildman–Crippen MR) is 92.5 cm³/mol. The summed E-state index contributed by atoms with van der Waals surface area (Å²) in [5.41, 5.74) is 2.13. The second kappa shape index (κ2) is 6.22. The van der Waals surface area contributed by atoms with Gasteiger partial charge in [-0.15, -0.1) is 0 Å². The molecule has 0 atom stereocenters. The molecule has 1 aliphatic rings. The smallest absolute Gasteiger partial charge is 0.162 e. The molecular weight excluding hydrogens is 328 g/mol. The molecule has 1 saturated heterocycles. The topological polar surface area (TPSA) is 71.4 Å². The van der Waals surface area contributed by atoms with E-state index in [0.29, 0.717) is 35.1 Å². The van der Waals surface area contributed by atoms with E-state index in [9.17, 15) is 5.11 Å². The first kappa shape index (κ1) is 15.1. The maximum Gasteiger partial charge on any atom is 0.162 e. The van der Waals surface area contributed by atoms with Crippen LogP contribution in [0.1, 0.15) is 0 Å². The zero-order valence-corrected chi connectivity index (χ0v) is 13.6. The average molecular weight is 343 g/mol. The van der Waals surface area contributed by atoms with E-state index in [1.807, 2.05) is 6.07 Å². The van der Waals surface area contributed by atoms with Crippen LogP contribution < -0.4 is 4.90 Å². The number of anilines is 1. The number of ether oxygens (including phenoxy) is 1. The number of phenolic OH excluding ortho intramolecular Hbond substituents is 1. The Kier molecular flexibility index (Phi) is 3.92. The SMILES string of the molecule is Oc1cccc(-c2nc(N3CCOCC3)c3ncc(Cl)cc3n2)c1. The fourth-order valence-electron chi connectivity index (χ4n) is 2.75. The summed E-state index contributed by atoms with van der Waals surface area (Å²) in [6, 6.07) is 8.67. The van der Waals surface area contributed by atoms with Crippen LogP contribution in [-0.4, -0.2) is 46.4 Å². The van der Waals surface area contributed by atoms with Gasteiger partial charge in [0.1, 0.15) is 11.3 Å². The molecule has 6 nitrogen and oxygen atoms in total. The van der Waals surface area contributed by atoms with E-state index in [1.54, 1.807) is 30.5 Å². The van der Waals surface area contributed by atoms with Crippen LogP contribution in [0.4, 0.5) is 5.82 Å². The second-order valence-corrected chi connectivity index (χ2v) is 5.98. The number of aromatic hydroxyl groups is 1. The Morgan fingerprint density at radius 3 is 2.75 bits per heavy atom. The molecule has 0 saturated carbocycles. The molecule has 0 aliphatic carbocycles. The lowest BCUT2D eigenvalue weighted by atomic mass is 10.2. The molecule has 122 valence electrons. The maximum atomic E-state index is 9.73. The van der Waals surface area contributed by atoms with Crippen molar-refractivity contribution < 1.29 is 9.84 Å². The maximum absolute atomic E-state index is 9.73. The van der Waals surface area contributed by atoms with Crippen molar-refractivity contribution in [3.8, 4) is 17.1 Å². The van der Waals surface area contributed by atoms with Gasteiger partial charge >= 0.3 is 0 Å². The molecule has 1 fully saturated rings. The summed E-state index contributed by atoms with van der Waals surface area (Å²) in [7, 11) is 0. The summed E-state index contributed by atoms with van der Waals surface area (Å²) in [5.74, 6) is 1.47. The van der Waals surface area contributed by atoms with E-state index in [2.05, 4.69) is 14.9 Å². The predicted octanol–water partition coefficient (Wildman–Crippen LogP) is 2.89. The Labute approximate surface area is 143 Å². The summed E-state index contributed by atoms with van der Waals surface area (Å²) in [4.78, 5) is 15.8. The molecule has 1 N–H and O–H groups in total. The number of nitrogens with zero attached hydrogens (tertiary/aromatic N) is 4. The molecule has 7 heteroatoms. The monoisotopic (exact) mass is 342 g/mol. The van der Waals surface area contributed by atoms with E-state index < -0.39 is 0 Å². The van der Waals surface area contributed by atoms with Crippen LogP contribution in [0.3, 0.4) is 0 Å². The van der Waals surface area contributed by atoms with Crippen LogP contribution in [0.5, 0.6) is 5.75 Å². The third-order valence-electron chi connectivity index (χ3n) is 3.90. The minimum absolute atomic E-state index is 0.174. The van der Waals surface area contributed by atoms with Crippen LogP contribution in [0, 0.1) is 0 Å². The third-order valence-corrected chi connectivity index (χ3v) is 4.11. The fraction of sp³-hybridized carbons (Fsp3) is 0.235. The van der Waals surface area contributed by atoms with E-state index in [1.165, 1.54) is 0 Å². The summed E-state index contributed by atoms with van der Waals surface area (Å²) in [5, 5.41) is 10.3. The van der Waals surface area contributed by atoms with Crippen molar-refractivity contribution in [2.24, 2.45) is 0 Å². The normalized spacial score (nSPS) is 15.0. The van der Waals surface area contributed by atoms with Crippen molar-refractivity contribution in [2.75, 3.05) is 31.2 Å². The molecule has 3 aromatic rings. The Morgan fingerprint density at radius 1 is 1.12 bits per heavy atom. The number of rotatable bonds is 2. The number of phenols is 1. The van der Waals surface area contributed by atoms with E-state index in [-0.39, 0.29) is 5.75 Å². The molecule has 3 heterocycles. The van der Waals surface area contributed by atoms with Crippen LogP contribution in [-0.2, 0) is 4.74 Å². The Hall–Kier alpha value is -2.44. The average Bonchev–Trinajstić information content (AvgIpc) is 2.61. The number of fused-ring (bicyclic) bond motifs is 1. The molecular formula is C17H15ClN4O2. The lowest BCUT2D eigenvalue weighted by Gasteiger charge is -2.28. The van der Waals surface area contributed by atoms with Crippen molar-refractivity contribution in [3.63, 3.8) is 0 Å². The number of benzene rings is 1.